The second kappa shape index (κ2) is 4.68. The van der Waals surface area contributed by atoms with Gasteiger partial charge in [-0.1, -0.05) is 22.9 Å². The molecule has 0 N–H and O–H groups in total. The van der Waals surface area contributed by atoms with Gasteiger partial charge in [0.15, 0.2) is 15.2 Å². The number of hydrogen-bond acceptors (Lipinski definition) is 6. The van der Waals surface area contributed by atoms with Crippen LogP contribution in [0.2, 0.25) is 5.15 Å². The summed E-state index contributed by atoms with van der Waals surface area (Å²) in [6.45, 7) is 1.64. The number of halogens is 1. The van der Waals surface area contributed by atoms with Gasteiger partial charge in [0.1, 0.15) is 0 Å². The zero-order valence-electron chi connectivity index (χ0n) is 9.89. The largest absolute Gasteiger partial charge is 0.465 e. The van der Waals surface area contributed by atoms with Gasteiger partial charge in [-0.15, -0.1) is 0 Å². The molecule has 2 unspecified atom stereocenters. The van der Waals surface area contributed by atoms with Crippen LogP contribution in [0.15, 0.2) is 0 Å². The minimum absolute atomic E-state index is 0.223. The Bertz CT molecular complexity index is 467. The predicted octanol–water partition coefficient (Wildman–Crippen LogP) is 1.95. The highest BCUT2D eigenvalue weighted by Gasteiger charge is 2.35. The standard InChI is InChI=1S/C11H13ClN2O3S/c1-16-10(15)8-9(12)13-11(18-8)14-4-6-2-3-7(5-14)17-6/h6-7H,2-5H2,1H3. The average Bonchev–Trinajstić information content (AvgIpc) is 2.92. The van der Waals surface area contributed by atoms with Crippen molar-refractivity contribution >= 4 is 34.0 Å². The molecule has 7 heteroatoms. The highest BCUT2D eigenvalue weighted by molar-refractivity contribution is 7.18. The molecule has 2 aliphatic heterocycles. The number of hydrogen-bond donors (Lipinski definition) is 0. The number of methoxy groups -OCH3 is 1. The number of carbonyl (C=O) groups excluding carboxylic acids is 1. The molecule has 5 nitrogen and oxygen atoms in total. The number of anilines is 1. The lowest BCUT2D eigenvalue weighted by Crippen LogP contribution is -2.42. The summed E-state index contributed by atoms with van der Waals surface area (Å²) >= 11 is 7.25. The number of rotatable bonds is 2. The SMILES string of the molecule is COC(=O)c1sc(N2CC3CCC(C2)O3)nc1Cl. The van der Waals surface area contributed by atoms with Gasteiger partial charge >= 0.3 is 5.97 Å². The van der Waals surface area contributed by atoms with Crippen molar-refractivity contribution in [1.29, 1.82) is 0 Å². The molecular weight excluding hydrogens is 276 g/mol. The first kappa shape index (κ1) is 12.2. The summed E-state index contributed by atoms with van der Waals surface area (Å²) in [6, 6.07) is 0. The molecule has 2 saturated heterocycles. The lowest BCUT2D eigenvalue weighted by molar-refractivity contribution is 0.0305. The van der Waals surface area contributed by atoms with Gasteiger partial charge in [-0.3, -0.25) is 0 Å². The van der Waals surface area contributed by atoms with Gasteiger partial charge in [0.2, 0.25) is 0 Å². The van der Waals surface area contributed by atoms with Gasteiger partial charge < -0.3 is 14.4 Å². The van der Waals surface area contributed by atoms with Crippen LogP contribution in [0.1, 0.15) is 22.5 Å². The first-order valence-electron chi connectivity index (χ1n) is 5.82. The van der Waals surface area contributed by atoms with Gasteiger partial charge in [0.25, 0.3) is 0 Å². The molecule has 0 radical (unpaired) electrons. The molecule has 1 aromatic rings. The van der Waals surface area contributed by atoms with E-state index in [9.17, 15) is 4.79 Å². The van der Waals surface area contributed by atoms with Gasteiger partial charge in [0.05, 0.1) is 19.3 Å². The number of morpholine rings is 1. The Hall–Kier alpha value is -0.850. The van der Waals surface area contributed by atoms with Gasteiger partial charge in [0, 0.05) is 13.1 Å². The van der Waals surface area contributed by atoms with E-state index in [0.29, 0.717) is 4.88 Å². The molecule has 18 heavy (non-hydrogen) atoms. The topological polar surface area (TPSA) is 51.7 Å². The van der Waals surface area contributed by atoms with Crippen molar-refractivity contribution in [2.24, 2.45) is 0 Å². The van der Waals surface area contributed by atoms with E-state index in [1.807, 2.05) is 0 Å². The Morgan fingerprint density at radius 1 is 1.50 bits per heavy atom. The maximum atomic E-state index is 11.5. The molecule has 1 aromatic heterocycles. The highest BCUT2D eigenvalue weighted by atomic mass is 35.5. The van der Waals surface area contributed by atoms with Gasteiger partial charge in [-0.2, -0.15) is 0 Å². The van der Waals surface area contributed by atoms with Crippen LogP contribution in [0, 0.1) is 0 Å². The van der Waals surface area contributed by atoms with Crippen molar-refractivity contribution in [2.75, 3.05) is 25.1 Å². The summed E-state index contributed by atoms with van der Waals surface area (Å²) in [5.74, 6) is -0.431. The van der Waals surface area contributed by atoms with Crippen LogP contribution in [0.5, 0.6) is 0 Å². The third kappa shape index (κ3) is 2.08. The summed E-state index contributed by atoms with van der Waals surface area (Å²) in [6.07, 6.45) is 2.77. The highest BCUT2D eigenvalue weighted by Crippen LogP contribution is 2.34. The second-order valence-corrected chi connectivity index (χ2v) is 5.81. The molecule has 0 aromatic carbocycles. The minimum atomic E-state index is -0.431. The van der Waals surface area contributed by atoms with Crippen molar-refractivity contribution in [3.05, 3.63) is 10.0 Å². The molecule has 2 aliphatic rings. The Balaban J connectivity index is 1.82. The fraction of sp³-hybridized carbons (Fsp3) is 0.636. The molecule has 3 rings (SSSR count). The van der Waals surface area contributed by atoms with E-state index in [1.54, 1.807) is 0 Å². The van der Waals surface area contributed by atoms with Crippen LogP contribution in [0.3, 0.4) is 0 Å². The van der Waals surface area contributed by atoms with Crippen LogP contribution in [0.25, 0.3) is 0 Å². The summed E-state index contributed by atoms with van der Waals surface area (Å²) in [5.41, 5.74) is 0. The van der Waals surface area contributed by atoms with E-state index < -0.39 is 5.97 Å². The maximum absolute atomic E-state index is 11.5. The smallest absolute Gasteiger partial charge is 0.351 e. The Labute approximate surface area is 114 Å². The van der Waals surface area contributed by atoms with Crippen LogP contribution in [-0.4, -0.2) is 43.4 Å². The van der Waals surface area contributed by atoms with E-state index in [0.717, 1.165) is 31.1 Å². The third-order valence-corrected chi connectivity index (χ3v) is 4.74. The molecule has 2 atom stereocenters. The number of esters is 1. The Morgan fingerprint density at radius 2 is 2.17 bits per heavy atom. The van der Waals surface area contributed by atoms with Gasteiger partial charge in [-0.05, 0) is 12.8 Å². The fourth-order valence-electron chi connectivity index (χ4n) is 2.42. The monoisotopic (exact) mass is 288 g/mol. The average molecular weight is 289 g/mol. The number of fused-ring (bicyclic) bond motifs is 2. The number of aromatic nitrogens is 1. The number of thiazole rings is 1. The van der Waals surface area contributed by atoms with Crippen molar-refractivity contribution in [3.63, 3.8) is 0 Å². The number of ether oxygens (including phenoxy) is 2. The molecule has 2 fully saturated rings. The first-order valence-corrected chi connectivity index (χ1v) is 7.02. The van der Waals surface area contributed by atoms with E-state index in [4.69, 9.17) is 16.3 Å². The predicted molar refractivity (Wildman–Crippen MR) is 68.6 cm³/mol. The van der Waals surface area contributed by atoms with E-state index in [2.05, 4.69) is 14.6 Å². The minimum Gasteiger partial charge on any atom is -0.465 e. The molecule has 2 bridgehead atoms. The maximum Gasteiger partial charge on any atom is 0.351 e. The Kier molecular flexibility index (Phi) is 3.17. The van der Waals surface area contributed by atoms with Crippen molar-refractivity contribution in [3.8, 4) is 0 Å². The lowest BCUT2D eigenvalue weighted by Gasteiger charge is -2.31. The molecule has 0 amide bonds. The lowest BCUT2D eigenvalue weighted by atomic mass is 10.2. The summed E-state index contributed by atoms with van der Waals surface area (Å²) in [5, 5.41) is 1.00. The third-order valence-electron chi connectivity index (χ3n) is 3.26. The quantitative estimate of drug-likeness (QED) is 0.779. The summed E-state index contributed by atoms with van der Waals surface area (Å²) < 4.78 is 10.4. The van der Waals surface area contributed by atoms with E-state index in [1.165, 1.54) is 18.4 Å². The zero-order chi connectivity index (χ0) is 12.7. The molecular formula is C11H13ClN2O3S. The molecule has 3 heterocycles. The van der Waals surface area contributed by atoms with Crippen molar-refractivity contribution in [1.82, 2.24) is 4.98 Å². The molecule has 0 aliphatic carbocycles. The summed E-state index contributed by atoms with van der Waals surface area (Å²) in [4.78, 5) is 18.3. The van der Waals surface area contributed by atoms with Crippen molar-refractivity contribution < 1.29 is 14.3 Å². The number of nitrogens with zero attached hydrogens (tertiary/aromatic N) is 2. The molecule has 98 valence electrons. The second-order valence-electron chi connectivity index (χ2n) is 4.47. The zero-order valence-corrected chi connectivity index (χ0v) is 11.5. The Morgan fingerprint density at radius 3 is 2.78 bits per heavy atom. The van der Waals surface area contributed by atoms with Crippen LogP contribution in [0.4, 0.5) is 5.13 Å². The fourth-order valence-corrected chi connectivity index (χ4v) is 3.63. The number of carbonyl (C=O) groups is 1. The first-order chi connectivity index (χ1) is 8.67. The molecule has 0 spiro atoms. The van der Waals surface area contributed by atoms with Gasteiger partial charge in [-0.25, -0.2) is 9.78 Å². The normalized spacial score (nSPS) is 26.4. The van der Waals surface area contributed by atoms with E-state index in [-0.39, 0.29) is 17.4 Å². The van der Waals surface area contributed by atoms with Crippen LogP contribution >= 0.6 is 22.9 Å². The summed E-state index contributed by atoms with van der Waals surface area (Å²) in [7, 11) is 1.34. The van der Waals surface area contributed by atoms with Crippen LogP contribution < -0.4 is 4.90 Å². The van der Waals surface area contributed by atoms with E-state index >= 15 is 0 Å². The van der Waals surface area contributed by atoms with Crippen LogP contribution in [-0.2, 0) is 9.47 Å². The molecule has 0 saturated carbocycles. The van der Waals surface area contributed by atoms with Crippen molar-refractivity contribution in [2.45, 2.75) is 25.0 Å².